The normalized spacial score (nSPS) is 19.5. The van der Waals surface area contributed by atoms with Crippen molar-refractivity contribution in [3.05, 3.63) is 59.3 Å². The lowest BCUT2D eigenvalue weighted by molar-refractivity contribution is 0.0342. The van der Waals surface area contributed by atoms with Crippen LogP contribution in [0.3, 0.4) is 0 Å². The Morgan fingerprint density at radius 2 is 1.80 bits per heavy atom. The molecule has 3 aromatic rings. The number of aromatic amines is 1. The first kappa shape index (κ1) is 24.0. The summed E-state index contributed by atoms with van der Waals surface area (Å²) in [6, 6.07) is 15.1. The van der Waals surface area contributed by atoms with E-state index in [4.69, 9.17) is 9.47 Å². The number of likely N-dealkylation sites (tertiary alicyclic amines) is 1. The van der Waals surface area contributed by atoms with E-state index in [1.807, 2.05) is 0 Å². The van der Waals surface area contributed by atoms with Gasteiger partial charge in [0.1, 0.15) is 5.75 Å². The monoisotopic (exact) mass is 474 g/mol. The van der Waals surface area contributed by atoms with E-state index in [1.54, 1.807) is 0 Å². The van der Waals surface area contributed by atoms with Crippen molar-refractivity contribution in [1.82, 2.24) is 20.0 Å². The fourth-order valence-corrected chi connectivity index (χ4v) is 5.19. The minimum atomic E-state index is 0.216. The van der Waals surface area contributed by atoms with Crippen LogP contribution in [-0.2, 0) is 11.3 Å². The number of hydrogen-bond donors (Lipinski definition) is 1. The number of rotatable bonds is 8. The summed E-state index contributed by atoms with van der Waals surface area (Å²) in [6.07, 6.45) is 6.85. The highest BCUT2D eigenvalue weighted by Crippen LogP contribution is 2.28. The van der Waals surface area contributed by atoms with Crippen molar-refractivity contribution in [2.24, 2.45) is 5.92 Å². The summed E-state index contributed by atoms with van der Waals surface area (Å²) in [7, 11) is 0. The van der Waals surface area contributed by atoms with Crippen molar-refractivity contribution in [2.45, 2.75) is 39.3 Å². The molecular weight excluding hydrogens is 436 g/mol. The Kier molecular flexibility index (Phi) is 7.82. The SMILES string of the molecule is CCN1CCC(C(C)Oc2ccc3[nH]nc(/C=C/c4ccc(CN5CCOCC5)cc4)c3c2)CC1. The van der Waals surface area contributed by atoms with Crippen LogP contribution in [0.1, 0.15) is 43.5 Å². The zero-order valence-electron chi connectivity index (χ0n) is 21.1. The molecule has 3 heterocycles. The molecule has 2 aliphatic heterocycles. The molecule has 6 heteroatoms. The van der Waals surface area contributed by atoms with Gasteiger partial charge in [-0.15, -0.1) is 0 Å². The lowest BCUT2D eigenvalue weighted by Gasteiger charge is -2.34. The molecule has 0 amide bonds. The third-order valence-corrected chi connectivity index (χ3v) is 7.55. The molecule has 0 aliphatic carbocycles. The number of H-pyrrole nitrogens is 1. The van der Waals surface area contributed by atoms with Crippen LogP contribution in [0.5, 0.6) is 5.75 Å². The van der Waals surface area contributed by atoms with Crippen molar-refractivity contribution < 1.29 is 9.47 Å². The molecule has 2 aromatic carbocycles. The van der Waals surface area contributed by atoms with E-state index >= 15 is 0 Å². The number of nitrogens with one attached hydrogen (secondary N) is 1. The molecule has 0 radical (unpaired) electrons. The maximum Gasteiger partial charge on any atom is 0.120 e. The van der Waals surface area contributed by atoms with Crippen molar-refractivity contribution in [3.8, 4) is 5.75 Å². The summed E-state index contributed by atoms with van der Waals surface area (Å²) < 4.78 is 11.8. The summed E-state index contributed by atoms with van der Waals surface area (Å²) >= 11 is 0. The van der Waals surface area contributed by atoms with E-state index in [9.17, 15) is 0 Å². The topological polar surface area (TPSA) is 53.6 Å². The number of benzene rings is 2. The molecule has 2 saturated heterocycles. The second kappa shape index (κ2) is 11.4. The zero-order chi connectivity index (χ0) is 24.0. The van der Waals surface area contributed by atoms with Crippen molar-refractivity contribution >= 4 is 23.1 Å². The molecule has 0 spiro atoms. The minimum Gasteiger partial charge on any atom is -0.490 e. The quantitative estimate of drug-likeness (QED) is 0.494. The Balaban J connectivity index is 1.22. The predicted molar refractivity (Wildman–Crippen MR) is 142 cm³/mol. The first-order valence-corrected chi connectivity index (χ1v) is 13.1. The molecule has 186 valence electrons. The first-order chi connectivity index (χ1) is 17.2. The molecule has 5 rings (SSSR count). The van der Waals surface area contributed by atoms with Gasteiger partial charge in [-0.1, -0.05) is 37.3 Å². The standard InChI is InChI=1S/C29H38N4O2/c1-3-32-14-12-25(13-15-32)22(2)35-26-9-11-29-27(20-26)28(30-31-29)10-8-23-4-6-24(7-5-23)21-33-16-18-34-19-17-33/h4-11,20,22,25H,3,12-19,21H2,1-2H3,(H,30,31)/b10-8+. The lowest BCUT2D eigenvalue weighted by atomic mass is 9.92. The van der Waals surface area contributed by atoms with Crippen molar-refractivity contribution in [3.63, 3.8) is 0 Å². The van der Waals surface area contributed by atoms with Crippen molar-refractivity contribution in [1.29, 1.82) is 0 Å². The summed E-state index contributed by atoms with van der Waals surface area (Å²) in [5.74, 6) is 1.54. The Labute approximate surface area is 208 Å². The molecule has 1 unspecified atom stereocenters. The summed E-state index contributed by atoms with van der Waals surface area (Å²) in [5, 5.41) is 8.79. The van der Waals surface area contributed by atoms with Crippen LogP contribution < -0.4 is 4.74 Å². The van der Waals surface area contributed by atoms with E-state index in [-0.39, 0.29) is 6.10 Å². The first-order valence-electron chi connectivity index (χ1n) is 13.1. The van der Waals surface area contributed by atoms with Gasteiger partial charge in [-0.25, -0.2) is 0 Å². The highest BCUT2D eigenvalue weighted by Gasteiger charge is 2.24. The van der Waals surface area contributed by atoms with Gasteiger partial charge in [0.25, 0.3) is 0 Å². The van der Waals surface area contributed by atoms with E-state index in [1.165, 1.54) is 37.1 Å². The maximum absolute atomic E-state index is 6.40. The molecule has 1 atom stereocenters. The highest BCUT2D eigenvalue weighted by atomic mass is 16.5. The van der Waals surface area contributed by atoms with Crippen LogP contribution in [-0.4, -0.2) is 72.0 Å². The zero-order valence-corrected chi connectivity index (χ0v) is 21.1. The van der Waals surface area contributed by atoms with E-state index < -0.39 is 0 Å². The van der Waals surface area contributed by atoms with Gasteiger partial charge in [-0.05, 0) is 80.7 Å². The number of ether oxygens (including phenoxy) is 2. The predicted octanol–water partition coefficient (Wildman–Crippen LogP) is 5.06. The van der Waals surface area contributed by atoms with E-state index in [0.29, 0.717) is 5.92 Å². The average Bonchev–Trinajstić information content (AvgIpc) is 3.31. The fourth-order valence-electron chi connectivity index (χ4n) is 5.19. The smallest absolute Gasteiger partial charge is 0.120 e. The Morgan fingerprint density at radius 1 is 1.03 bits per heavy atom. The van der Waals surface area contributed by atoms with Crippen LogP contribution in [0.25, 0.3) is 23.1 Å². The number of piperidine rings is 1. The van der Waals surface area contributed by atoms with Crippen LogP contribution in [0.15, 0.2) is 42.5 Å². The molecule has 0 saturated carbocycles. The van der Waals surface area contributed by atoms with Crippen LogP contribution >= 0.6 is 0 Å². The number of fused-ring (bicyclic) bond motifs is 1. The summed E-state index contributed by atoms with van der Waals surface area (Å²) in [5.41, 5.74) is 4.48. The van der Waals surface area contributed by atoms with Gasteiger partial charge in [0.2, 0.25) is 0 Å². The van der Waals surface area contributed by atoms with Crippen molar-refractivity contribution in [2.75, 3.05) is 45.9 Å². The molecule has 0 bridgehead atoms. The van der Waals surface area contributed by atoms with E-state index in [2.05, 4.69) is 88.5 Å². The fraction of sp³-hybridized carbons (Fsp3) is 0.483. The maximum atomic E-state index is 6.40. The number of aromatic nitrogens is 2. The van der Waals surface area contributed by atoms with Gasteiger partial charge < -0.3 is 14.4 Å². The minimum absolute atomic E-state index is 0.216. The number of morpholine rings is 1. The van der Waals surface area contributed by atoms with Gasteiger partial charge in [0.05, 0.1) is 30.5 Å². The molecular formula is C29H38N4O2. The molecule has 1 N–H and O–H groups in total. The number of nitrogens with zero attached hydrogens (tertiary/aromatic N) is 3. The Morgan fingerprint density at radius 3 is 2.54 bits per heavy atom. The van der Waals surface area contributed by atoms with Crippen LogP contribution in [0.4, 0.5) is 0 Å². The van der Waals surface area contributed by atoms with Gasteiger partial charge in [0.15, 0.2) is 0 Å². The third-order valence-electron chi connectivity index (χ3n) is 7.55. The second-order valence-electron chi connectivity index (χ2n) is 9.87. The summed E-state index contributed by atoms with van der Waals surface area (Å²) in [4.78, 5) is 4.97. The van der Waals surface area contributed by atoms with Gasteiger partial charge >= 0.3 is 0 Å². The van der Waals surface area contributed by atoms with Gasteiger partial charge in [-0.2, -0.15) is 5.10 Å². The van der Waals surface area contributed by atoms with Crippen LogP contribution in [0.2, 0.25) is 0 Å². The lowest BCUT2D eigenvalue weighted by Crippen LogP contribution is -2.38. The molecule has 2 aliphatic rings. The van der Waals surface area contributed by atoms with Crippen LogP contribution in [0, 0.1) is 5.92 Å². The van der Waals surface area contributed by atoms with E-state index in [0.717, 1.165) is 61.7 Å². The van der Waals surface area contributed by atoms with Gasteiger partial charge in [-0.3, -0.25) is 10.00 Å². The highest BCUT2D eigenvalue weighted by molar-refractivity contribution is 5.90. The Hall–Kier alpha value is -2.67. The molecule has 6 nitrogen and oxygen atoms in total. The number of hydrogen-bond acceptors (Lipinski definition) is 5. The average molecular weight is 475 g/mol. The Bertz CT molecular complexity index is 1110. The molecule has 35 heavy (non-hydrogen) atoms. The summed E-state index contributed by atoms with van der Waals surface area (Å²) in [6.45, 7) is 12.6. The third kappa shape index (κ3) is 6.13. The molecule has 1 aromatic heterocycles. The second-order valence-corrected chi connectivity index (χ2v) is 9.87. The van der Waals surface area contributed by atoms with Gasteiger partial charge in [0, 0.05) is 25.0 Å². The molecule has 2 fully saturated rings. The largest absolute Gasteiger partial charge is 0.490 e.